The van der Waals surface area contributed by atoms with Gasteiger partial charge in [-0.3, -0.25) is 0 Å². The van der Waals surface area contributed by atoms with E-state index in [2.05, 4.69) is 31.9 Å². The fraction of sp³-hybridized carbons (Fsp3) is 0.226. The van der Waals surface area contributed by atoms with Crippen molar-refractivity contribution in [2.45, 2.75) is 40.2 Å². The van der Waals surface area contributed by atoms with Gasteiger partial charge in [0.1, 0.15) is 18.0 Å². The summed E-state index contributed by atoms with van der Waals surface area (Å²) < 4.78 is 13.0. The maximum Gasteiger partial charge on any atom is 0.330 e. The first-order valence-electron chi connectivity index (χ1n) is 12.5. The Morgan fingerprint density at radius 3 is 2.39 bits per heavy atom. The van der Waals surface area contributed by atoms with Gasteiger partial charge in [-0.05, 0) is 77.9 Å². The smallest absolute Gasteiger partial charge is 0.330 e. The number of halogens is 2. The van der Waals surface area contributed by atoms with Gasteiger partial charge in [-0.25, -0.2) is 9.48 Å². The second-order valence-electron chi connectivity index (χ2n) is 9.16. The zero-order valence-electron chi connectivity index (χ0n) is 21.9. The van der Waals surface area contributed by atoms with E-state index in [0.29, 0.717) is 28.9 Å². The van der Waals surface area contributed by atoms with Crippen LogP contribution in [-0.2, 0) is 16.1 Å². The molecule has 0 saturated carbocycles. The summed E-state index contributed by atoms with van der Waals surface area (Å²) in [6.07, 6.45) is 5.03. The summed E-state index contributed by atoms with van der Waals surface area (Å²) in [4.78, 5) is 11.5. The van der Waals surface area contributed by atoms with Gasteiger partial charge in [0.25, 0.3) is 0 Å². The molecule has 0 aliphatic rings. The summed E-state index contributed by atoms with van der Waals surface area (Å²) >= 11 is 13.0. The fourth-order valence-electron chi connectivity index (χ4n) is 4.23. The highest BCUT2D eigenvalue weighted by Crippen LogP contribution is 2.33. The van der Waals surface area contributed by atoms with E-state index in [0.717, 1.165) is 39.3 Å². The van der Waals surface area contributed by atoms with Crippen LogP contribution in [0.15, 0.2) is 72.9 Å². The van der Waals surface area contributed by atoms with E-state index in [4.69, 9.17) is 32.7 Å². The molecule has 0 amide bonds. The summed E-state index contributed by atoms with van der Waals surface area (Å²) in [6.45, 7) is 8.76. The SMILES string of the molecule is CCOC(=O)C=Cc1ccc(-c2ccc(OCc3c(C(C)C)cnn3-c3c(Cl)cccc3Cl)cc2C)cc1. The topological polar surface area (TPSA) is 53.4 Å². The maximum atomic E-state index is 11.5. The molecule has 0 bridgehead atoms. The zero-order valence-corrected chi connectivity index (χ0v) is 23.4. The lowest BCUT2D eigenvalue weighted by molar-refractivity contribution is -0.137. The lowest BCUT2D eigenvalue weighted by Crippen LogP contribution is -2.09. The molecule has 7 heteroatoms. The Balaban J connectivity index is 1.53. The number of nitrogens with zero attached hydrogens (tertiary/aromatic N) is 2. The maximum absolute atomic E-state index is 11.5. The van der Waals surface area contributed by atoms with Crippen LogP contribution in [0.3, 0.4) is 0 Å². The van der Waals surface area contributed by atoms with Crippen LogP contribution in [0.4, 0.5) is 0 Å². The summed E-state index contributed by atoms with van der Waals surface area (Å²) in [7, 11) is 0. The number of ether oxygens (including phenoxy) is 2. The van der Waals surface area contributed by atoms with E-state index in [9.17, 15) is 4.79 Å². The van der Waals surface area contributed by atoms with Crippen LogP contribution >= 0.6 is 23.2 Å². The molecule has 196 valence electrons. The third kappa shape index (κ3) is 6.29. The van der Waals surface area contributed by atoms with E-state index < -0.39 is 0 Å². The van der Waals surface area contributed by atoms with Crippen molar-refractivity contribution in [2.24, 2.45) is 0 Å². The first-order chi connectivity index (χ1) is 18.3. The number of para-hydroxylation sites is 1. The molecule has 0 aliphatic heterocycles. The van der Waals surface area contributed by atoms with E-state index in [1.54, 1.807) is 29.8 Å². The Morgan fingerprint density at radius 1 is 1.05 bits per heavy atom. The largest absolute Gasteiger partial charge is 0.487 e. The molecular formula is C31H30Cl2N2O3. The Kier molecular flexibility index (Phi) is 8.93. The molecule has 1 aromatic heterocycles. The van der Waals surface area contributed by atoms with E-state index in [1.165, 1.54) is 6.08 Å². The summed E-state index contributed by atoms with van der Waals surface area (Å²) in [5.41, 5.74) is 6.83. The molecule has 0 N–H and O–H groups in total. The molecule has 5 nitrogen and oxygen atoms in total. The molecule has 38 heavy (non-hydrogen) atoms. The van der Waals surface area contributed by atoms with Crippen LogP contribution in [0.25, 0.3) is 22.9 Å². The van der Waals surface area contributed by atoms with Crippen molar-refractivity contribution in [3.8, 4) is 22.6 Å². The predicted molar refractivity (Wildman–Crippen MR) is 154 cm³/mol. The first-order valence-corrected chi connectivity index (χ1v) is 13.2. The summed E-state index contributed by atoms with van der Waals surface area (Å²) in [6, 6.07) is 19.5. The van der Waals surface area contributed by atoms with Crippen LogP contribution in [0.1, 0.15) is 49.1 Å². The van der Waals surface area contributed by atoms with Gasteiger partial charge in [0, 0.05) is 6.08 Å². The molecule has 0 saturated heterocycles. The monoisotopic (exact) mass is 548 g/mol. The van der Waals surface area contributed by atoms with Crippen molar-refractivity contribution in [1.29, 1.82) is 0 Å². The summed E-state index contributed by atoms with van der Waals surface area (Å²) in [5.74, 6) is 0.664. The minimum Gasteiger partial charge on any atom is -0.487 e. The molecule has 1 heterocycles. The number of carbonyl (C=O) groups is 1. The quantitative estimate of drug-likeness (QED) is 0.155. The van der Waals surface area contributed by atoms with Crippen molar-refractivity contribution >= 4 is 35.2 Å². The van der Waals surface area contributed by atoms with Crippen LogP contribution in [0, 0.1) is 6.92 Å². The number of rotatable bonds is 9. The number of hydrogen-bond acceptors (Lipinski definition) is 4. The number of carbonyl (C=O) groups excluding carboxylic acids is 1. The second-order valence-corrected chi connectivity index (χ2v) is 9.97. The van der Waals surface area contributed by atoms with Gasteiger partial charge in [0.15, 0.2) is 0 Å². The van der Waals surface area contributed by atoms with Crippen LogP contribution < -0.4 is 4.74 Å². The Labute approximate surface area is 233 Å². The molecule has 0 spiro atoms. The van der Waals surface area contributed by atoms with Gasteiger partial charge in [-0.2, -0.15) is 5.10 Å². The standard InChI is InChI=1S/C31H30Cl2N2O3/c1-5-37-30(36)16-11-22-9-12-23(13-10-22)25-15-14-24(17-21(25)4)38-19-29-26(20(2)3)18-34-35(29)31-27(32)7-6-8-28(31)33/h6-18,20H,5,19H2,1-4H3. The molecule has 0 aliphatic carbocycles. The molecule has 3 aromatic carbocycles. The lowest BCUT2D eigenvalue weighted by Gasteiger charge is -2.15. The minimum absolute atomic E-state index is 0.253. The zero-order chi connectivity index (χ0) is 27.2. The van der Waals surface area contributed by atoms with Crippen molar-refractivity contribution < 1.29 is 14.3 Å². The predicted octanol–water partition coefficient (Wildman–Crippen LogP) is 8.43. The van der Waals surface area contributed by atoms with Gasteiger partial charge in [0.2, 0.25) is 0 Å². The number of aromatic nitrogens is 2. The lowest BCUT2D eigenvalue weighted by atomic mass is 9.99. The Morgan fingerprint density at radius 2 is 1.76 bits per heavy atom. The van der Waals surface area contributed by atoms with Crippen molar-refractivity contribution in [2.75, 3.05) is 6.61 Å². The highest BCUT2D eigenvalue weighted by atomic mass is 35.5. The van der Waals surface area contributed by atoms with Gasteiger partial charge in [0.05, 0.1) is 28.5 Å². The summed E-state index contributed by atoms with van der Waals surface area (Å²) in [5, 5.41) is 5.64. The highest BCUT2D eigenvalue weighted by Gasteiger charge is 2.19. The Hall–Kier alpha value is -3.54. The molecule has 4 aromatic rings. The van der Waals surface area contributed by atoms with Gasteiger partial charge >= 0.3 is 5.97 Å². The average Bonchev–Trinajstić information content (AvgIpc) is 3.30. The van der Waals surface area contributed by atoms with Crippen molar-refractivity contribution in [3.05, 3.63) is 105 Å². The van der Waals surface area contributed by atoms with E-state index >= 15 is 0 Å². The first kappa shape index (κ1) is 27.5. The number of esters is 1. The molecule has 0 unspecified atom stereocenters. The number of benzene rings is 3. The van der Waals surface area contributed by atoms with Crippen LogP contribution in [-0.4, -0.2) is 22.4 Å². The van der Waals surface area contributed by atoms with Gasteiger partial charge in [-0.15, -0.1) is 0 Å². The third-order valence-electron chi connectivity index (χ3n) is 6.17. The van der Waals surface area contributed by atoms with Crippen LogP contribution in [0.2, 0.25) is 10.0 Å². The van der Waals surface area contributed by atoms with Crippen molar-refractivity contribution in [1.82, 2.24) is 9.78 Å². The van der Waals surface area contributed by atoms with Crippen molar-refractivity contribution in [3.63, 3.8) is 0 Å². The molecular weight excluding hydrogens is 519 g/mol. The number of hydrogen-bond donors (Lipinski definition) is 0. The average molecular weight is 549 g/mol. The van der Waals surface area contributed by atoms with Gasteiger partial charge < -0.3 is 9.47 Å². The van der Waals surface area contributed by atoms with E-state index in [-0.39, 0.29) is 11.9 Å². The molecule has 0 radical (unpaired) electrons. The highest BCUT2D eigenvalue weighted by molar-refractivity contribution is 6.37. The minimum atomic E-state index is -0.346. The normalized spacial score (nSPS) is 11.3. The van der Waals surface area contributed by atoms with Gasteiger partial charge in [-0.1, -0.05) is 73.4 Å². The molecule has 0 atom stereocenters. The Bertz CT molecular complexity index is 1440. The van der Waals surface area contributed by atoms with E-state index in [1.807, 2.05) is 48.7 Å². The molecule has 0 fully saturated rings. The second kappa shape index (κ2) is 12.3. The van der Waals surface area contributed by atoms with Crippen LogP contribution in [0.5, 0.6) is 5.75 Å². The fourth-order valence-corrected chi connectivity index (χ4v) is 4.78. The number of aryl methyl sites for hydroxylation is 1. The third-order valence-corrected chi connectivity index (χ3v) is 6.78. The molecule has 4 rings (SSSR count).